The first-order chi connectivity index (χ1) is 12.4. The van der Waals surface area contributed by atoms with Gasteiger partial charge in [-0.1, -0.05) is 29.3 Å². The Kier molecular flexibility index (Phi) is 5.95. The highest BCUT2D eigenvalue weighted by atomic mass is 79.9. The second-order valence-electron chi connectivity index (χ2n) is 5.59. The molecule has 0 aliphatic carbocycles. The van der Waals surface area contributed by atoms with Gasteiger partial charge in [0.05, 0.1) is 16.7 Å². The van der Waals surface area contributed by atoms with Gasteiger partial charge >= 0.3 is 0 Å². The maximum Gasteiger partial charge on any atom is 0.248 e. The highest BCUT2D eigenvalue weighted by Gasteiger charge is 2.11. The molecule has 3 rings (SSSR count). The van der Waals surface area contributed by atoms with Crippen LogP contribution in [0.25, 0.3) is 0 Å². The van der Waals surface area contributed by atoms with Crippen LogP contribution in [0.1, 0.15) is 17.7 Å². The van der Waals surface area contributed by atoms with Crippen LogP contribution in [-0.2, 0) is 17.9 Å². The number of halogens is 3. The molecule has 0 fully saturated rings. The molecule has 7 nitrogen and oxygen atoms in total. The zero-order valence-corrected chi connectivity index (χ0v) is 16.9. The fraction of sp³-hybridized carbons (Fsp3) is 0.250. The molecule has 2 heterocycles. The lowest BCUT2D eigenvalue weighted by molar-refractivity contribution is -0.116. The number of hydrogen-bond acceptors (Lipinski definition) is 4. The van der Waals surface area contributed by atoms with E-state index >= 15 is 0 Å². The molecule has 0 aliphatic rings. The van der Waals surface area contributed by atoms with Gasteiger partial charge in [0.1, 0.15) is 6.33 Å². The van der Waals surface area contributed by atoms with Crippen molar-refractivity contribution in [3.63, 3.8) is 0 Å². The molecular formula is C16H15BrCl2N6O. The third-order valence-corrected chi connectivity index (χ3v) is 5.11. The summed E-state index contributed by atoms with van der Waals surface area (Å²) in [4.78, 5) is 16.1. The van der Waals surface area contributed by atoms with E-state index in [1.807, 2.05) is 13.1 Å². The number of aryl methyl sites for hydroxylation is 2. The van der Waals surface area contributed by atoms with Gasteiger partial charge in [-0.05, 0) is 35.0 Å². The summed E-state index contributed by atoms with van der Waals surface area (Å²) in [7, 11) is 0. The third kappa shape index (κ3) is 4.63. The van der Waals surface area contributed by atoms with Crippen LogP contribution < -0.4 is 5.32 Å². The van der Waals surface area contributed by atoms with E-state index in [2.05, 4.69) is 36.4 Å². The number of aromatic nitrogens is 5. The van der Waals surface area contributed by atoms with Gasteiger partial charge in [-0.15, -0.1) is 5.10 Å². The van der Waals surface area contributed by atoms with Gasteiger partial charge in [-0.25, -0.2) is 9.67 Å². The molecule has 3 aromatic rings. The molecule has 0 aliphatic heterocycles. The Morgan fingerprint density at radius 2 is 1.96 bits per heavy atom. The molecule has 10 heteroatoms. The summed E-state index contributed by atoms with van der Waals surface area (Å²) in [5.74, 6) is 0.0406. The van der Waals surface area contributed by atoms with E-state index < -0.39 is 0 Å². The third-order valence-electron chi connectivity index (χ3n) is 3.62. The van der Waals surface area contributed by atoms with Crippen LogP contribution in [0.4, 0.5) is 5.95 Å². The van der Waals surface area contributed by atoms with Gasteiger partial charge in [0.2, 0.25) is 11.9 Å². The number of hydrogen-bond donors (Lipinski definition) is 1. The highest BCUT2D eigenvalue weighted by Crippen LogP contribution is 2.24. The summed E-state index contributed by atoms with van der Waals surface area (Å²) in [5, 5.41) is 12.3. The second-order valence-corrected chi connectivity index (χ2v) is 7.26. The van der Waals surface area contributed by atoms with E-state index in [0.717, 1.165) is 15.7 Å². The minimum Gasteiger partial charge on any atom is -0.293 e. The number of anilines is 1. The van der Waals surface area contributed by atoms with Crippen molar-refractivity contribution in [1.29, 1.82) is 0 Å². The average molecular weight is 458 g/mol. The fourth-order valence-electron chi connectivity index (χ4n) is 2.28. The Morgan fingerprint density at radius 3 is 2.62 bits per heavy atom. The number of nitrogens with one attached hydrogen (secondary N) is 1. The predicted molar refractivity (Wildman–Crippen MR) is 103 cm³/mol. The topological polar surface area (TPSA) is 77.6 Å². The highest BCUT2D eigenvalue weighted by molar-refractivity contribution is 9.10. The van der Waals surface area contributed by atoms with Crippen LogP contribution in [0, 0.1) is 6.92 Å². The van der Waals surface area contributed by atoms with E-state index in [1.54, 1.807) is 27.6 Å². The molecule has 1 aromatic carbocycles. The standard InChI is InChI=1S/C16H15BrCl2N6O/c1-10-12(17)8-24(22-10)6-5-15(26)21-16-20-9-25(23-16)7-11-13(18)3-2-4-14(11)19/h2-4,8-9H,5-7H2,1H3,(H,21,23,26). The summed E-state index contributed by atoms with van der Waals surface area (Å²) >= 11 is 15.7. The van der Waals surface area contributed by atoms with Crippen molar-refractivity contribution >= 4 is 51.0 Å². The number of nitrogens with zero attached hydrogens (tertiary/aromatic N) is 5. The van der Waals surface area contributed by atoms with Crippen molar-refractivity contribution in [3.05, 3.63) is 56.5 Å². The monoisotopic (exact) mass is 456 g/mol. The Balaban J connectivity index is 1.57. The molecule has 1 amide bonds. The van der Waals surface area contributed by atoms with E-state index in [1.165, 1.54) is 6.33 Å². The number of benzene rings is 1. The van der Waals surface area contributed by atoms with E-state index in [-0.39, 0.29) is 18.3 Å². The van der Waals surface area contributed by atoms with Gasteiger partial charge in [-0.2, -0.15) is 5.10 Å². The lowest BCUT2D eigenvalue weighted by Crippen LogP contribution is -2.16. The van der Waals surface area contributed by atoms with Crippen LogP contribution in [-0.4, -0.2) is 30.5 Å². The quantitative estimate of drug-likeness (QED) is 0.608. The maximum absolute atomic E-state index is 12.1. The number of rotatable bonds is 6. The van der Waals surface area contributed by atoms with Crippen molar-refractivity contribution in [2.75, 3.05) is 5.32 Å². The lowest BCUT2D eigenvalue weighted by atomic mass is 10.2. The Bertz CT molecular complexity index is 899. The molecule has 26 heavy (non-hydrogen) atoms. The lowest BCUT2D eigenvalue weighted by Gasteiger charge is -2.06. The average Bonchev–Trinajstić information content (AvgIpc) is 3.16. The summed E-state index contributed by atoms with van der Waals surface area (Å²) in [6.45, 7) is 2.72. The summed E-state index contributed by atoms with van der Waals surface area (Å²) in [6, 6.07) is 5.30. The second kappa shape index (κ2) is 8.20. The first-order valence-electron chi connectivity index (χ1n) is 7.74. The minimum absolute atomic E-state index is 0.192. The van der Waals surface area contributed by atoms with E-state index in [9.17, 15) is 4.79 Å². The molecule has 0 atom stereocenters. The molecule has 1 N–H and O–H groups in total. The van der Waals surface area contributed by atoms with Gasteiger partial charge < -0.3 is 0 Å². The smallest absolute Gasteiger partial charge is 0.248 e. The van der Waals surface area contributed by atoms with Crippen molar-refractivity contribution in [2.45, 2.75) is 26.4 Å². The zero-order valence-electron chi connectivity index (χ0n) is 13.8. The van der Waals surface area contributed by atoms with E-state index in [0.29, 0.717) is 23.1 Å². The number of carbonyl (C=O) groups excluding carboxylic acids is 1. The molecule has 0 unspecified atom stereocenters. The van der Waals surface area contributed by atoms with Crippen molar-refractivity contribution < 1.29 is 4.79 Å². The van der Waals surface area contributed by atoms with Gasteiger partial charge in [0.15, 0.2) is 0 Å². The first kappa shape index (κ1) is 18.9. The minimum atomic E-state index is -0.192. The molecule has 2 aromatic heterocycles. The van der Waals surface area contributed by atoms with Crippen LogP contribution in [0.3, 0.4) is 0 Å². The predicted octanol–water partition coefficient (Wildman–Crippen LogP) is 3.93. The van der Waals surface area contributed by atoms with Gasteiger partial charge in [0, 0.05) is 34.8 Å². The SMILES string of the molecule is Cc1nn(CCC(=O)Nc2ncn(Cc3c(Cl)cccc3Cl)n2)cc1Br. The summed E-state index contributed by atoms with van der Waals surface area (Å²) < 4.78 is 4.19. The molecular weight excluding hydrogens is 443 g/mol. The first-order valence-corrected chi connectivity index (χ1v) is 9.29. The molecule has 0 saturated heterocycles. The normalized spacial score (nSPS) is 10.9. The Morgan fingerprint density at radius 1 is 1.23 bits per heavy atom. The number of carbonyl (C=O) groups is 1. The van der Waals surface area contributed by atoms with Crippen LogP contribution in [0.5, 0.6) is 0 Å². The van der Waals surface area contributed by atoms with Crippen molar-refractivity contribution in [2.24, 2.45) is 0 Å². The molecule has 0 saturated carbocycles. The number of amides is 1. The Labute approximate surface area is 168 Å². The fourth-order valence-corrected chi connectivity index (χ4v) is 3.12. The maximum atomic E-state index is 12.1. The van der Waals surface area contributed by atoms with Crippen molar-refractivity contribution in [3.8, 4) is 0 Å². The largest absolute Gasteiger partial charge is 0.293 e. The van der Waals surface area contributed by atoms with Crippen LogP contribution in [0.15, 0.2) is 35.2 Å². The Hall–Kier alpha value is -1.90. The molecule has 0 radical (unpaired) electrons. The van der Waals surface area contributed by atoms with Gasteiger partial charge in [-0.3, -0.25) is 14.8 Å². The van der Waals surface area contributed by atoms with Crippen molar-refractivity contribution in [1.82, 2.24) is 24.5 Å². The van der Waals surface area contributed by atoms with Crippen LogP contribution >= 0.6 is 39.1 Å². The van der Waals surface area contributed by atoms with E-state index in [4.69, 9.17) is 23.2 Å². The van der Waals surface area contributed by atoms with Gasteiger partial charge in [0.25, 0.3) is 0 Å². The molecule has 0 spiro atoms. The zero-order chi connectivity index (χ0) is 18.7. The summed E-state index contributed by atoms with van der Waals surface area (Å²) in [5.41, 5.74) is 1.63. The van der Waals surface area contributed by atoms with Crippen LogP contribution in [0.2, 0.25) is 10.0 Å². The molecule has 0 bridgehead atoms. The summed E-state index contributed by atoms with van der Waals surface area (Å²) in [6.07, 6.45) is 3.62. The molecule has 136 valence electrons.